The Balaban J connectivity index is 1.92. The molecule has 0 amide bonds. The molecule has 4 nitrogen and oxygen atoms in total. The van der Waals surface area contributed by atoms with Gasteiger partial charge in [0.25, 0.3) is 0 Å². The maximum absolute atomic E-state index is 4.81. The first-order valence-electron chi connectivity index (χ1n) is 9.26. The van der Waals surface area contributed by atoms with E-state index in [9.17, 15) is 0 Å². The second-order valence-corrected chi connectivity index (χ2v) is 6.46. The highest BCUT2D eigenvalue weighted by atomic mass is 15.3. The van der Waals surface area contributed by atoms with Crippen LogP contribution >= 0.6 is 0 Å². The van der Waals surface area contributed by atoms with Crippen LogP contribution in [0.3, 0.4) is 0 Å². The van der Waals surface area contributed by atoms with E-state index in [0.717, 1.165) is 36.1 Å². The molecule has 1 aromatic heterocycles. The zero-order chi connectivity index (χ0) is 16.8. The average Bonchev–Trinajstić information content (AvgIpc) is 2.64. The third-order valence-electron chi connectivity index (χ3n) is 4.79. The predicted octanol–water partition coefficient (Wildman–Crippen LogP) is 4.73. The van der Waals surface area contributed by atoms with Crippen LogP contribution in [0.1, 0.15) is 46.0 Å². The molecule has 0 spiro atoms. The fraction of sp³-hybridized carbons (Fsp3) is 0.500. The van der Waals surface area contributed by atoms with Gasteiger partial charge < -0.3 is 10.2 Å². The Morgan fingerprint density at radius 2 is 1.71 bits per heavy atom. The molecular weight excluding hydrogens is 296 g/mol. The van der Waals surface area contributed by atoms with Crippen molar-refractivity contribution in [2.45, 2.75) is 52.0 Å². The Hall–Kier alpha value is -2.10. The van der Waals surface area contributed by atoms with Crippen LogP contribution in [0.5, 0.6) is 0 Å². The summed E-state index contributed by atoms with van der Waals surface area (Å²) in [6.45, 7) is 6.13. The van der Waals surface area contributed by atoms with Crippen molar-refractivity contribution in [1.82, 2.24) is 9.97 Å². The van der Waals surface area contributed by atoms with E-state index >= 15 is 0 Å². The Kier molecular flexibility index (Phi) is 5.68. The van der Waals surface area contributed by atoms with Crippen LogP contribution in [0, 0.1) is 0 Å². The molecule has 0 radical (unpaired) electrons. The topological polar surface area (TPSA) is 41.1 Å². The number of hydrogen-bond donors (Lipinski definition) is 1. The van der Waals surface area contributed by atoms with E-state index in [-0.39, 0.29) is 0 Å². The van der Waals surface area contributed by atoms with Crippen molar-refractivity contribution in [2.24, 2.45) is 0 Å². The van der Waals surface area contributed by atoms with Crippen LogP contribution in [0.4, 0.5) is 11.8 Å². The smallest absolute Gasteiger partial charge is 0.227 e. The first kappa shape index (κ1) is 16.7. The molecule has 1 aliphatic rings. The van der Waals surface area contributed by atoms with Crippen LogP contribution in [-0.4, -0.2) is 29.1 Å². The molecule has 1 saturated carbocycles. The second-order valence-electron chi connectivity index (χ2n) is 6.46. The summed E-state index contributed by atoms with van der Waals surface area (Å²) in [4.78, 5) is 11.8. The van der Waals surface area contributed by atoms with Crippen molar-refractivity contribution < 1.29 is 0 Å². The fourth-order valence-electron chi connectivity index (χ4n) is 3.37. The van der Waals surface area contributed by atoms with Gasteiger partial charge in [0, 0.05) is 30.8 Å². The highest BCUT2D eigenvalue weighted by molar-refractivity contribution is 5.64. The summed E-state index contributed by atoms with van der Waals surface area (Å²) in [7, 11) is 0. The minimum absolute atomic E-state index is 0.543. The van der Waals surface area contributed by atoms with Crippen molar-refractivity contribution in [3.63, 3.8) is 0 Å². The summed E-state index contributed by atoms with van der Waals surface area (Å²) in [5, 5.41) is 3.66. The predicted molar refractivity (Wildman–Crippen MR) is 102 cm³/mol. The molecule has 4 heteroatoms. The monoisotopic (exact) mass is 324 g/mol. The molecule has 0 saturated heterocycles. The van der Waals surface area contributed by atoms with E-state index in [2.05, 4.69) is 54.4 Å². The molecule has 0 atom stereocenters. The first-order chi connectivity index (χ1) is 11.8. The quantitative estimate of drug-likeness (QED) is 0.833. The molecule has 1 aromatic carbocycles. The van der Waals surface area contributed by atoms with Crippen molar-refractivity contribution in [2.75, 3.05) is 23.3 Å². The van der Waals surface area contributed by atoms with Gasteiger partial charge in [-0.15, -0.1) is 0 Å². The molecule has 128 valence electrons. The summed E-state index contributed by atoms with van der Waals surface area (Å²) in [5.74, 6) is 1.78. The molecule has 24 heavy (non-hydrogen) atoms. The Bertz CT molecular complexity index is 631. The number of nitrogens with zero attached hydrogens (tertiary/aromatic N) is 3. The molecule has 3 rings (SSSR count). The lowest BCUT2D eigenvalue weighted by Crippen LogP contribution is -2.26. The highest BCUT2D eigenvalue weighted by Gasteiger charge is 2.16. The number of rotatable bonds is 6. The third-order valence-corrected chi connectivity index (χ3v) is 4.79. The number of hydrogen-bond acceptors (Lipinski definition) is 4. The molecule has 0 unspecified atom stereocenters. The highest BCUT2D eigenvalue weighted by Crippen LogP contribution is 2.26. The molecule has 1 aliphatic carbocycles. The second kappa shape index (κ2) is 8.13. The molecule has 0 bridgehead atoms. The summed E-state index contributed by atoms with van der Waals surface area (Å²) in [5.41, 5.74) is 2.13. The minimum atomic E-state index is 0.543. The lowest BCUT2D eigenvalue weighted by molar-refractivity contribution is 0.462. The summed E-state index contributed by atoms with van der Waals surface area (Å²) in [6.07, 6.45) is 6.48. The molecular formula is C20H28N4. The van der Waals surface area contributed by atoms with E-state index in [1.165, 1.54) is 32.1 Å². The third kappa shape index (κ3) is 4.05. The van der Waals surface area contributed by atoms with Crippen LogP contribution in [0.2, 0.25) is 0 Å². The number of anilines is 2. The molecule has 0 aliphatic heterocycles. The zero-order valence-corrected chi connectivity index (χ0v) is 14.8. The van der Waals surface area contributed by atoms with E-state index in [1.54, 1.807) is 0 Å². The van der Waals surface area contributed by atoms with Crippen molar-refractivity contribution in [3.8, 4) is 11.3 Å². The summed E-state index contributed by atoms with van der Waals surface area (Å²) in [6, 6.07) is 13.0. The largest absolute Gasteiger partial charge is 0.367 e. The van der Waals surface area contributed by atoms with E-state index in [0.29, 0.717) is 6.04 Å². The first-order valence-corrected chi connectivity index (χ1v) is 9.26. The Morgan fingerprint density at radius 3 is 2.38 bits per heavy atom. The van der Waals surface area contributed by atoms with Gasteiger partial charge in [-0.25, -0.2) is 4.98 Å². The van der Waals surface area contributed by atoms with Gasteiger partial charge in [0.1, 0.15) is 5.82 Å². The molecule has 1 fully saturated rings. The zero-order valence-electron chi connectivity index (χ0n) is 14.8. The van der Waals surface area contributed by atoms with Gasteiger partial charge in [-0.3, -0.25) is 0 Å². The van der Waals surface area contributed by atoms with Gasteiger partial charge in [0.15, 0.2) is 0 Å². The summed E-state index contributed by atoms with van der Waals surface area (Å²) >= 11 is 0. The van der Waals surface area contributed by atoms with E-state index < -0.39 is 0 Å². The lowest BCUT2D eigenvalue weighted by atomic mass is 9.95. The van der Waals surface area contributed by atoms with Gasteiger partial charge >= 0.3 is 0 Å². The SMILES string of the molecule is CCN(CC)c1nc(NC2CCCCC2)cc(-c2ccccc2)n1. The van der Waals surface area contributed by atoms with Gasteiger partial charge in [0.05, 0.1) is 5.69 Å². The normalized spacial score (nSPS) is 15.2. The standard InChI is InChI=1S/C20H28N4/c1-3-24(4-2)20-22-18(16-11-7-5-8-12-16)15-19(23-20)21-17-13-9-6-10-14-17/h5,7-8,11-12,15,17H,3-4,6,9-10,13-14H2,1-2H3,(H,21,22,23). The van der Waals surface area contributed by atoms with Crippen LogP contribution in [0.25, 0.3) is 11.3 Å². The van der Waals surface area contributed by atoms with Gasteiger partial charge in [-0.2, -0.15) is 4.98 Å². The lowest BCUT2D eigenvalue weighted by Gasteiger charge is -2.25. The van der Waals surface area contributed by atoms with E-state index in [4.69, 9.17) is 9.97 Å². The number of aromatic nitrogens is 2. The van der Waals surface area contributed by atoms with Crippen LogP contribution in [0.15, 0.2) is 36.4 Å². The average molecular weight is 324 g/mol. The minimum Gasteiger partial charge on any atom is -0.367 e. The molecule has 2 aromatic rings. The van der Waals surface area contributed by atoms with Crippen LogP contribution < -0.4 is 10.2 Å². The Morgan fingerprint density at radius 1 is 1.00 bits per heavy atom. The fourth-order valence-corrected chi connectivity index (χ4v) is 3.37. The van der Waals surface area contributed by atoms with Gasteiger partial charge in [-0.05, 0) is 26.7 Å². The van der Waals surface area contributed by atoms with Crippen molar-refractivity contribution >= 4 is 11.8 Å². The van der Waals surface area contributed by atoms with Crippen molar-refractivity contribution in [3.05, 3.63) is 36.4 Å². The molecule has 1 N–H and O–H groups in total. The molecule has 1 heterocycles. The van der Waals surface area contributed by atoms with Crippen molar-refractivity contribution in [1.29, 1.82) is 0 Å². The maximum atomic E-state index is 4.81. The maximum Gasteiger partial charge on any atom is 0.227 e. The van der Waals surface area contributed by atoms with Gasteiger partial charge in [0.2, 0.25) is 5.95 Å². The van der Waals surface area contributed by atoms with Crippen LogP contribution in [-0.2, 0) is 0 Å². The van der Waals surface area contributed by atoms with E-state index in [1.807, 2.05) is 6.07 Å². The van der Waals surface area contributed by atoms with Gasteiger partial charge in [-0.1, -0.05) is 49.6 Å². The number of benzene rings is 1. The Labute approximate surface area is 145 Å². The number of nitrogens with one attached hydrogen (secondary N) is 1. The summed E-state index contributed by atoms with van der Waals surface area (Å²) < 4.78 is 0.